The highest BCUT2D eigenvalue weighted by Crippen LogP contribution is 2.33. The number of nitrogens with one attached hydrogen (secondary N) is 2. The molecule has 2 N–H and O–H groups in total. The molecule has 8 nitrogen and oxygen atoms in total. The van der Waals surface area contributed by atoms with Gasteiger partial charge in [0.2, 0.25) is 11.8 Å². The first-order valence-electron chi connectivity index (χ1n) is 13.6. The second kappa shape index (κ2) is 11.4. The molecule has 37 heavy (non-hydrogen) atoms. The summed E-state index contributed by atoms with van der Waals surface area (Å²) in [4.78, 5) is 40.3. The molecule has 1 aliphatic carbocycles. The van der Waals surface area contributed by atoms with Crippen molar-refractivity contribution in [1.29, 1.82) is 0 Å². The van der Waals surface area contributed by atoms with E-state index in [4.69, 9.17) is 4.74 Å². The second-order valence-corrected chi connectivity index (χ2v) is 11.8. The summed E-state index contributed by atoms with van der Waals surface area (Å²) in [6.07, 6.45) is 4.46. The lowest BCUT2D eigenvalue weighted by Crippen LogP contribution is -2.49. The van der Waals surface area contributed by atoms with Gasteiger partial charge < -0.3 is 15.0 Å². The Hall–Kier alpha value is -2.68. The highest BCUT2D eigenvalue weighted by Gasteiger charge is 2.31. The summed E-state index contributed by atoms with van der Waals surface area (Å²) < 4.78 is 20.8. The normalized spacial score (nSPS) is 25.5. The summed E-state index contributed by atoms with van der Waals surface area (Å²) >= 11 is 0. The van der Waals surface area contributed by atoms with Crippen LogP contribution in [0, 0.1) is 18.7 Å². The van der Waals surface area contributed by atoms with Crippen LogP contribution in [0.15, 0.2) is 12.1 Å². The fourth-order valence-electron chi connectivity index (χ4n) is 5.80. The molecule has 0 spiro atoms. The van der Waals surface area contributed by atoms with Crippen molar-refractivity contribution < 1.29 is 23.5 Å². The summed E-state index contributed by atoms with van der Waals surface area (Å²) in [6, 6.07) is 3.82. The van der Waals surface area contributed by atoms with Crippen molar-refractivity contribution in [3.8, 4) is 0 Å². The maximum absolute atomic E-state index is 15.4. The van der Waals surface area contributed by atoms with Crippen LogP contribution < -0.4 is 15.5 Å². The van der Waals surface area contributed by atoms with Crippen molar-refractivity contribution in [3.63, 3.8) is 0 Å². The van der Waals surface area contributed by atoms with Crippen molar-refractivity contribution in [3.05, 3.63) is 29.1 Å². The second-order valence-electron chi connectivity index (χ2n) is 11.8. The number of anilines is 1. The van der Waals surface area contributed by atoms with Gasteiger partial charge in [0, 0.05) is 45.2 Å². The van der Waals surface area contributed by atoms with Crippen molar-refractivity contribution in [2.24, 2.45) is 5.92 Å². The minimum Gasteiger partial charge on any atom is -0.444 e. The lowest BCUT2D eigenvalue weighted by molar-refractivity contribution is -0.134. The van der Waals surface area contributed by atoms with Gasteiger partial charge >= 0.3 is 6.09 Å². The molecular formula is C28H41FN4O4. The number of piperidine rings is 1. The predicted molar refractivity (Wildman–Crippen MR) is 140 cm³/mol. The summed E-state index contributed by atoms with van der Waals surface area (Å²) in [7, 11) is 0. The van der Waals surface area contributed by atoms with E-state index >= 15 is 4.39 Å². The van der Waals surface area contributed by atoms with Crippen molar-refractivity contribution >= 4 is 23.6 Å². The van der Waals surface area contributed by atoms with Crippen LogP contribution >= 0.6 is 0 Å². The zero-order chi connectivity index (χ0) is 26.7. The molecule has 1 unspecified atom stereocenters. The third-order valence-electron chi connectivity index (χ3n) is 7.82. The Morgan fingerprint density at radius 3 is 2.38 bits per heavy atom. The number of halogens is 1. The average Bonchev–Trinajstić information content (AvgIpc) is 2.82. The van der Waals surface area contributed by atoms with Gasteiger partial charge in [-0.15, -0.1) is 0 Å². The van der Waals surface area contributed by atoms with Crippen LogP contribution in [0.25, 0.3) is 0 Å². The lowest BCUT2D eigenvalue weighted by Gasteiger charge is -2.39. The quantitative estimate of drug-likeness (QED) is 0.578. The van der Waals surface area contributed by atoms with E-state index < -0.39 is 11.5 Å². The number of amides is 3. The molecule has 3 fully saturated rings. The van der Waals surface area contributed by atoms with Crippen LogP contribution in [-0.2, 0) is 14.3 Å². The fourth-order valence-corrected chi connectivity index (χ4v) is 5.80. The number of benzene rings is 1. The third-order valence-corrected chi connectivity index (χ3v) is 7.82. The number of rotatable bonds is 5. The topological polar surface area (TPSA) is 91.0 Å². The third kappa shape index (κ3) is 7.00. The van der Waals surface area contributed by atoms with Crippen molar-refractivity contribution in [2.75, 3.05) is 37.6 Å². The molecule has 2 saturated heterocycles. The SMILES string of the molecule is Cc1c(C2CCC(=O)NC2=O)ccc(N2CCN(CC3CCC(NC(=O)OC(C)(C)C)CC3)CC2)c1F. The van der Waals surface area contributed by atoms with E-state index in [0.717, 1.165) is 58.4 Å². The molecule has 3 aliphatic rings. The van der Waals surface area contributed by atoms with Crippen LogP contribution in [0.5, 0.6) is 0 Å². The van der Waals surface area contributed by atoms with Crippen molar-refractivity contribution in [1.82, 2.24) is 15.5 Å². The summed E-state index contributed by atoms with van der Waals surface area (Å²) in [5, 5.41) is 5.38. The van der Waals surface area contributed by atoms with Gasteiger partial charge in [-0.05, 0) is 82.9 Å². The molecule has 2 heterocycles. The van der Waals surface area contributed by atoms with Gasteiger partial charge in [0.05, 0.1) is 11.6 Å². The first-order valence-corrected chi connectivity index (χ1v) is 13.6. The number of piperazine rings is 1. The molecule has 9 heteroatoms. The van der Waals surface area contributed by atoms with E-state index in [1.807, 2.05) is 26.8 Å². The minimum absolute atomic E-state index is 0.178. The van der Waals surface area contributed by atoms with Gasteiger partial charge in [-0.1, -0.05) is 6.07 Å². The Morgan fingerprint density at radius 1 is 1.08 bits per heavy atom. The molecule has 4 rings (SSSR count). The van der Waals surface area contributed by atoms with E-state index in [-0.39, 0.29) is 36.2 Å². The van der Waals surface area contributed by atoms with Gasteiger partial charge in [0.15, 0.2) is 0 Å². The predicted octanol–water partition coefficient (Wildman–Crippen LogP) is 3.86. The Balaban J connectivity index is 1.24. The van der Waals surface area contributed by atoms with Gasteiger partial charge in [-0.2, -0.15) is 0 Å². The molecule has 204 valence electrons. The monoisotopic (exact) mass is 516 g/mol. The van der Waals surface area contributed by atoms with E-state index in [9.17, 15) is 14.4 Å². The highest BCUT2D eigenvalue weighted by atomic mass is 19.1. The van der Waals surface area contributed by atoms with Crippen LogP contribution in [0.3, 0.4) is 0 Å². The molecule has 3 amide bonds. The van der Waals surface area contributed by atoms with E-state index in [0.29, 0.717) is 29.2 Å². The molecule has 1 saturated carbocycles. The fraction of sp³-hybridized carbons (Fsp3) is 0.679. The standard InChI is InChI=1S/C28H41FN4O4/c1-18-21(22-10-12-24(34)31-26(22)35)9-11-23(25(18)29)33-15-13-32(14-16-33)17-19-5-7-20(8-6-19)30-27(36)37-28(2,3)4/h9,11,19-20,22H,5-8,10,12-17H2,1-4H3,(H,30,36)(H,31,34,35). The average molecular weight is 517 g/mol. The van der Waals surface area contributed by atoms with E-state index in [1.54, 1.807) is 13.0 Å². The lowest BCUT2D eigenvalue weighted by atomic mass is 9.85. The van der Waals surface area contributed by atoms with Gasteiger partial charge in [0.25, 0.3) is 0 Å². The summed E-state index contributed by atoms with van der Waals surface area (Å²) in [6.45, 7) is 11.6. The molecule has 0 radical (unpaired) electrons. The van der Waals surface area contributed by atoms with Gasteiger partial charge in [-0.25, -0.2) is 9.18 Å². The zero-order valence-corrected chi connectivity index (χ0v) is 22.6. The summed E-state index contributed by atoms with van der Waals surface area (Å²) in [5.41, 5.74) is 1.26. The number of nitrogens with zero attached hydrogens (tertiary/aromatic N) is 2. The molecular weight excluding hydrogens is 475 g/mol. The highest BCUT2D eigenvalue weighted by molar-refractivity contribution is 6.01. The Kier molecular flexibility index (Phi) is 8.41. The van der Waals surface area contributed by atoms with Gasteiger partial charge in [0.1, 0.15) is 11.4 Å². The minimum atomic E-state index is -0.485. The molecule has 1 aromatic rings. The number of hydrogen-bond acceptors (Lipinski definition) is 6. The first-order chi connectivity index (χ1) is 17.5. The zero-order valence-electron chi connectivity index (χ0n) is 22.6. The molecule has 0 aromatic heterocycles. The van der Waals surface area contributed by atoms with Crippen LogP contribution in [0.4, 0.5) is 14.9 Å². The maximum atomic E-state index is 15.4. The van der Waals surface area contributed by atoms with E-state index in [1.165, 1.54) is 0 Å². The van der Waals surface area contributed by atoms with Crippen molar-refractivity contribution in [2.45, 2.75) is 83.8 Å². The molecule has 1 atom stereocenters. The Bertz CT molecular complexity index is 1010. The van der Waals surface area contributed by atoms with E-state index in [2.05, 4.69) is 20.4 Å². The first kappa shape index (κ1) is 27.4. The molecule has 0 bridgehead atoms. The number of ether oxygens (including phenoxy) is 1. The Labute approximate surface area is 219 Å². The van der Waals surface area contributed by atoms with Crippen LogP contribution in [0.1, 0.15) is 76.3 Å². The van der Waals surface area contributed by atoms with Crippen LogP contribution in [-0.4, -0.2) is 67.2 Å². The number of carbonyl (C=O) groups excluding carboxylic acids is 3. The smallest absolute Gasteiger partial charge is 0.407 e. The number of alkyl carbamates (subject to hydrolysis) is 1. The molecule has 1 aromatic carbocycles. The number of hydrogen-bond donors (Lipinski definition) is 2. The largest absolute Gasteiger partial charge is 0.444 e. The maximum Gasteiger partial charge on any atom is 0.407 e. The summed E-state index contributed by atoms with van der Waals surface area (Å²) in [5.74, 6) is -0.747. The Morgan fingerprint density at radius 2 is 1.76 bits per heavy atom. The number of carbonyl (C=O) groups is 3. The van der Waals surface area contributed by atoms with Gasteiger partial charge in [-0.3, -0.25) is 19.8 Å². The number of imide groups is 1. The van der Waals surface area contributed by atoms with Crippen LogP contribution in [0.2, 0.25) is 0 Å². The molecule has 2 aliphatic heterocycles.